The van der Waals surface area contributed by atoms with Crippen molar-refractivity contribution >= 4 is 29.5 Å². The summed E-state index contributed by atoms with van der Waals surface area (Å²) in [6, 6.07) is 11.5. The molecule has 0 saturated carbocycles. The number of hydrogen-bond acceptors (Lipinski definition) is 3. The largest absolute Gasteiger partial charge is 0.491 e. The Bertz CT molecular complexity index is 668. The van der Waals surface area contributed by atoms with Gasteiger partial charge in [0.2, 0.25) is 0 Å². The van der Waals surface area contributed by atoms with E-state index >= 15 is 0 Å². The van der Waals surface area contributed by atoms with Gasteiger partial charge in [0, 0.05) is 16.1 Å². The fourth-order valence-corrected chi connectivity index (χ4v) is 1.98. The lowest BCUT2D eigenvalue weighted by Crippen LogP contribution is -2.13. The highest BCUT2D eigenvalue weighted by atomic mass is 35.5. The summed E-state index contributed by atoms with van der Waals surface area (Å²) in [5, 5.41) is 3.33. The van der Waals surface area contributed by atoms with Crippen molar-refractivity contribution < 1.29 is 14.3 Å². The summed E-state index contributed by atoms with van der Waals surface area (Å²) in [5.41, 5.74) is 1.41. The fourth-order valence-electron chi connectivity index (χ4n) is 1.85. The van der Waals surface area contributed by atoms with Gasteiger partial charge in [0.15, 0.2) is 0 Å². The van der Waals surface area contributed by atoms with Crippen molar-refractivity contribution in [3.05, 3.63) is 58.6 Å². The Hall–Kier alpha value is -2.33. The Morgan fingerprint density at radius 2 is 1.95 bits per heavy atom. The van der Waals surface area contributed by atoms with Gasteiger partial charge in [0.25, 0.3) is 5.91 Å². The molecule has 114 valence electrons. The minimum atomic E-state index is -0.291. The third kappa shape index (κ3) is 4.09. The number of hydrogen-bond donors (Lipinski definition) is 1. The maximum atomic E-state index is 12.3. The quantitative estimate of drug-likeness (QED) is 0.813. The van der Waals surface area contributed by atoms with Gasteiger partial charge >= 0.3 is 0 Å². The number of halogens is 1. The molecule has 4 nitrogen and oxygen atoms in total. The zero-order chi connectivity index (χ0) is 15.9. The van der Waals surface area contributed by atoms with Crippen LogP contribution in [0.4, 0.5) is 5.69 Å². The third-order valence-corrected chi connectivity index (χ3v) is 3.21. The van der Waals surface area contributed by atoms with Crippen molar-refractivity contribution in [1.29, 1.82) is 0 Å². The van der Waals surface area contributed by atoms with Crippen molar-refractivity contribution in [3.8, 4) is 5.75 Å². The number of ether oxygens (including phenoxy) is 1. The normalized spacial score (nSPS) is 10.1. The van der Waals surface area contributed by atoms with Crippen molar-refractivity contribution in [3.63, 3.8) is 0 Å². The molecular formula is C17H16ClNO3. The molecule has 0 radical (unpaired) electrons. The molecule has 1 N–H and O–H groups in total. The molecule has 2 aromatic rings. The van der Waals surface area contributed by atoms with Gasteiger partial charge in [-0.25, -0.2) is 0 Å². The molecule has 0 heterocycles. The summed E-state index contributed by atoms with van der Waals surface area (Å²) in [5.74, 6) is 0.246. The average molecular weight is 318 g/mol. The second kappa shape index (κ2) is 7.61. The Morgan fingerprint density at radius 3 is 2.59 bits per heavy atom. The molecule has 2 aromatic carbocycles. The van der Waals surface area contributed by atoms with Gasteiger partial charge in [-0.2, -0.15) is 0 Å². The Morgan fingerprint density at radius 1 is 1.23 bits per heavy atom. The Kier molecular flexibility index (Phi) is 5.55. The molecule has 0 aliphatic heterocycles. The van der Waals surface area contributed by atoms with E-state index in [1.807, 2.05) is 6.92 Å². The zero-order valence-electron chi connectivity index (χ0n) is 12.1. The molecular weight excluding hydrogens is 302 g/mol. The number of carbonyl (C=O) groups excluding carboxylic acids is 2. The molecule has 0 aliphatic rings. The van der Waals surface area contributed by atoms with Crippen LogP contribution < -0.4 is 10.1 Å². The summed E-state index contributed by atoms with van der Waals surface area (Å²) in [7, 11) is 0. The number of amides is 1. The first-order valence-electron chi connectivity index (χ1n) is 6.93. The first-order chi connectivity index (χ1) is 10.6. The summed E-state index contributed by atoms with van der Waals surface area (Å²) in [6.07, 6.45) is 1.57. The van der Waals surface area contributed by atoms with E-state index in [-0.39, 0.29) is 5.91 Å². The topological polar surface area (TPSA) is 55.4 Å². The van der Waals surface area contributed by atoms with E-state index < -0.39 is 0 Å². The zero-order valence-corrected chi connectivity index (χ0v) is 12.9. The monoisotopic (exact) mass is 317 g/mol. The number of carbonyl (C=O) groups is 2. The molecule has 0 saturated heterocycles. The lowest BCUT2D eigenvalue weighted by atomic mass is 10.1. The van der Waals surface area contributed by atoms with Crippen LogP contribution in [0.25, 0.3) is 0 Å². The first kappa shape index (κ1) is 16.0. The van der Waals surface area contributed by atoms with Crippen LogP contribution in [-0.2, 0) is 0 Å². The molecule has 0 unspecified atom stereocenters. The third-order valence-electron chi connectivity index (χ3n) is 2.96. The summed E-state index contributed by atoms with van der Waals surface area (Å²) in [4.78, 5) is 23.2. The van der Waals surface area contributed by atoms with Gasteiger partial charge < -0.3 is 10.1 Å². The lowest BCUT2D eigenvalue weighted by Gasteiger charge is -2.12. The summed E-state index contributed by atoms with van der Waals surface area (Å²) in [6.45, 7) is 2.52. The molecule has 0 aliphatic carbocycles. The molecule has 0 fully saturated rings. The highest BCUT2D eigenvalue weighted by molar-refractivity contribution is 6.30. The molecule has 0 aromatic heterocycles. The summed E-state index contributed by atoms with van der Waals surface area (Å²) < 4.78 is 5.59. The maximum absolute atomic E-state index is 12.3. The predicted molar refractivity (Wildman–Crippen MR) is 87.0 cm³/mol. The van der Waals surface area contributed by atoms with E-state index in [0.29, 0.717) is 34.2 Å². The van der Waals surface area contributed by atoms with Crippen LogP contribution in [0.2, 0.25) is 5.02 Å². The van der Waals surface area contributed by atoms with Gasteiger partial charge in [-0.3, -0.25) is 9.59 Å². The number of nitrogens with one attached hydrogen (secondary N) is 1. The van der Waals surface area contributed by atoms with Crippen LogP contribution in [0.1, 0.15) is 34.1 Å². The Balaban J connectivity index is 2.23. The number of aldehydes is 1. The number of benzene rings is 2. The SMILES string of the molecule is CCCOc1ccc(C=O)cc1NC(=O)c1ccc(Cl)cc1. The lowest BCUT2D eigenvalue weighted by molar-refractivity contribution is 0.102. The standard InChI is InChI=1S/C17H16ClNO3/c1-2-9-22-16-8-3-12(11-20)10-15(16)19-17(21)13-4-6-14(18)7-5-13/h3-8,10-11H,2,9H2,1H3,(H,19,21). The average Bonchev–Trinajstić information content (AvgIpc) is 2.54. The molecule has 5 heteroatoms. The van der Waals surface area contributed by atoms with E-state index in [9.17, 15) is 9.59 Å². The minimum absolute atomic E-state index is 0.291. The number of rotatable bonds is 6. The van der Waals surface area contributed by atoms with Crippen LogP contribution in [-0.4, -0.2) is 18.8 Å². The minimum Gasteiger partial charge on any atom is -0.491 e. The molecule has 0 atom stereocenters. The van der Waals surface area contributed by atoms with Gasteiger partial charge in [-0.05, 0) is 48.9 Å². The Labute approximate surface area is 134 Å². The molecule has 1 amide bonds. The first-order valence-corrected chi connectivity index (χ1v) is 7.30. The van der Waals surface area contributed by atoms with Gasteiger partial charge in [-0.15, -0.1) is 0 Å². The van der Waals surface area contributed by atoms with Crippen molar-refractivity contribution in [2.75, 3.05) is 11.9 Å². The van der Waals surface area contributed by atoms with Crippen molar-refractivity contribution in [2.45, 2.75) is 13.3 Å². The van der Waals surface area contributed by atoms with Crippen LogP contribution in [0.15, 0.2) is 42.5 Å². The summed E-state index contributed by atoms with van der Waals surface area (Å²) >= 11 is 5.81. The van der Waals surface area contributed by atoms with Crippen molar-refractivity contribution in [2.24, 2.45) is 0 Å². The smallest absolute Gasteiger partial charge is 0.255 e. The second-order valence-corrected chi connectivity index (χ2v) is 5.12. The molecule has 0 spiro atoms. The molecule has 22 heavy (non-hydrogen) atoms. The highest BCUT2D eigenvalue weighted by Gasteiger charge is 2.11. The van der Waals surface area contributed by atoms with Crippen LogP contribution >= 0.6 is 11.6 Å². The van der Waals surface area contributed by atoms with Crippen LogP contribution in [0.3, 0.4) is 0 Å². The highest BCUT2D eigenvalue weighted by Crippen LogP contribution is 2.26. The molecule has 0 bridgehead atoms. The van der Waals surface area contributed by atoms with Crippen LogP contribution in [0, 0.1) is 0 Å². The van der Waals surface area contributed by atoms with Gasteiger partial charge in [0.1, 0.15) is 12.0 Å². The van der Waals surface area contributed by atoms with Crippen LogP contribution in [0.5, 0.6) is 5.75 Å². The second-order valence-electron chi connectivity index (χ2n) is 4.68. The van der Waals surface area contributed by atoms with Gasteiger partial charge in [0.05, 0.1) is 12.3 Å². The maximum Gasteiger partial charge on any atom is 0.255 e. The number of anilines is 1. The van der Waals surface area contributed by atoms with Gasteiger partial charge in [-0.1, -0.05) is 18.5 Å². The fraction of sp³-hybridized carbons (Fsp3) is 0.176. The van der Waals surface area contributed by atoms with E-state index in [0.717, 1.165) is 12.7 Å². The van der Waals surface area contributed by atoms with E-state index in [2.05, 4.69) is 5.32 Å². The van der Waals surface area contributed by atoms with E-state index in [1.54, 1.807) is 42.5 Å². The predicted octanol–water partition coefficient (Wildman–Crippen LogP) is 4.19. The molecule has 2 rings (SSSR count). The van der Waals surface area contributed by atoms with E-state index in [4.69, 9.17) is 16.3 Å². The van der Waals surface area contributed by atoms with E-state index in [1.165, 1.54) is 0 Å². The van der Waals surface area contributed by atoms with Crippen molar-refractivity contribution in [1.82, 2.24) is 0 Å².